The molecule has 0 aliphatic rings. The van der Waals surface area contributed by atoms with Crippen LogP contribution in [0.3, 0.4) is 0 Å². The summed E-state index contributed by atoms with van der Waals surface area (Å²) >= 11 is 5.82. The molecule has 0 saturated carbocycles. The van der Waals surface area contributed by atoms with E-state index >= 15 is 0 Å². The van der Waals surface area contributed by atoms with Gasteiger partial charge in [0, 0.05) is 22.7 Å². The van der Waals surface area contributed by atoms with Crippen LogP contribution in [-0.4, -0.2) is 17.5 Å². The molecule has 5 heteroatoms. The highest BCUT2D eigenvalue weighted by Gasteiger charge is 2.17. The van der Waals surface area contributed by atoms with Crippen molar-refractivity contribution in [1.29, 1.82) is 0 Å². The highest BCUT2D eigenvalue weighted by atomic mass is 35.5. The first-order chi connectivity index (χ1) is 9.08. The van der Waals surface area contributed by atoms with Gasteiger partial charge in [0.15, 0.2) is 0 Å². The molecule has 4 nitrogen and oxygen atoms in total. The second kappa shape index (κ2) is 8.12. The van der Waals surface area contributed by atoms with E-state index in [-0.39, 0.29) is 16.7 Å². The fraction of sp³-hybridized carbons (Fsp3) is 0.571. The Morgan fingerprint density at radius 2 is 2.11 bits per heavy atom. The summed E-state index contributed by atoms with van der Waals surface area (Å²) in [6.07, 6.45) is 3.80. The third-order valence-electron chi connectivity index (χ3n) is 3.03. The number of rotatable bonds is 8. The molecule has 0 heterocycles. The zero-order valence-corrected chi connectivity index (χ0v) is 12.2. The van der Waals surface area contributed by atoms with Gasteiger partial charge in [-0.25, -0.2) is 0 Å². The zero-order chi connectivity index (χ0) is 14.3. The molecule has 1 aromatic carbocycles. The minimum atomic E-state index is -0.357. The van der Waals surface area contributed by atoms with Crippen molar-refractivity contribution in [2.75, 3.05) is 6.54 Å². The van der Waals surface area contributed by atoms with Crippen LogP contribution in [0.25, 0.3) is 0 Å². The Balaban J connectivity index is 2.85. The Kier molecular flexibility index (Phi) is 6.81. The van der Waals surface area contributed by atoms with E-state index in [2.05, 4.69) is 19.2 Å². The fourth-order valence-corrected chi connectivity index (χ4v) is 2.28. The van der Waals surface area contributed by atoms with Crippen LogP contribution in [0.1, 0.15) is 38.7 Å². The minimum absolute atomic E-state index is 0.118. The van der Waals surface area contributed by atoms with Crippen molar-refractivity contribution in [1.82, 2.24) is 5.32 Å². The van der Waals surface area contributed by atoms with Crippen LogP contribution in [-0.2, 0) is 6.42 Å². The average Bonchev–Trinajstić information content (AvgIpc) is 2.38. The summed E-state index contributed by atoms with van der Waals surface area (Å²) in [6, 6.07) is 5.19. The first-order valence-electron chi connectivity index (χ1n) is 6.74. The molecule has 0 fully saturated rings. The quantitative estimate of drug-likeness (QED) is 0.581. The maximum absolute atomic E-state index is 11.1. The Morgan fingerprint density at radius 3 is 2.68 bits per heavy atom. The summed E-state index contributed by atoms with van der Waals surface area (Å²) in [7, 11) is 0. The van der Waals surface area contributed by atoms with Crippen molar-refractivity contribution in [3.05, 3.63) is 38.9 Å². The molecular weight excluding hydrogens is 264 g/mol. The number of nitro benzene ring substituents is 1. The van der Waals surface area contributed by atoms with Crippen LogP contribution in [0.4, 0.5) is 5.69 Å². The number of nitrogens with one attached hydrogen (secondary N) is 1. The predicted molar refractivity (Wildman–Crippen MR) is 78.8 cm³/mol. The van der Waals surface area contributed by atoms with Gasteiger partial charge in [-0.1, -0.05) is 37.9 Å². The van der Waals surface area contributed by atoms with Gasteiger partial charge in [-0.2, -0.15) is 0 Å². The van der Waals surface area contributed by atoms with Gasteiger partial charge in [0.2, 0.25) is 0 Å². The van der Waals surface area contributed by atoms with Crippen LogP contribution >= 0.6 is 11.6 Å². The van der Waals surface area contributed by atoms with Gasteiger partial charge < -0.3 is 5.32 Å². The Labute approximate surface area is 119 Å². The molecule has 19 heavy (non-hydrogen) atoms. The van der Waals surface area contributed by atoms with E-state index in [0.717, 1.165) is 31.4 Å². The number of hydrogen-bond acceptors (Lipinski definition) is 3. The summed E-state index contributed by atoms with van der Waals surface area (Å²) in [5.74, 6) is 0. The smallest absolute Gasteiger partial charge is 0.274 e. The molecule has 0 radical (unpaired) electrons. The molecule has 0 bridgehead atoms. The lowest BCUT2D eigenvalue weighted by Gasteiger charge is -2.17. The van der Waals surface area contributed by atoms with Crippen LogP contribution < -0.4 is 5.32 Å². The summed E-state index contributed by atoms with van der Waals surface area (Å²) in [6.45, 7) is 5.17. The lowest BCUT2D eigenvalue weighted by molar-refractivity contribution is -0.385. The minimum Gasteiger partial charge on any atom is -0.314 e. The number of halogens is 1. The van der Waals surface area contributed by atoms with Crippen molar-refractivity contribution in [2.24, 2.45) is 0 Å². The SMILES string of the molecule is CCCNC(CCC)Cc1ccc(Cl)cc1[N+](=O)[O-]. The molecule has 0 aliphatic carbocycles. The maximum Gasteiger partial charge on any atom is 0.274 e. The lowest BCUT2D eigenvalue weighted by Crippen LogP contribution is -2.31. The lowest BCUT2D eigenvalue weighted by atomic mass is 10.0. The van der Waals surface area contributed by atoms with Crippen molar-refractivity contribution in [3.63, 3.8) is 0 Å². The average molecular weight is 285 g/mol. The fourth-order valence-electron chi connectivity index (χ4n) is 2.12. The van der Waals surface area contributed by atoms with E-state index in [0.29, 0.717) is 11.4 Å². The predicted octanol–water partition coefficient (Wildman–Crippen LogP) is 3.96. The molecule has 1 rings (SSSR count). The third-order valence-corrected chi connectivity index (χ3v) is 3.27. The Hall–Kier alpha value is -1.13. The van der Waals surface area contributed by atoms with Crippen molar-refractivity contribution < 1.29 is 4.92 Å². The monoisotopic (exact) mass is 284 g/mol. The van der Waals surface area contributed by atoms with Gasteiger partial charge in [0.1, 0.15) is 0 Å². The van der Waals surface area contributed by atoms with E-state index in [1.165, 1.54) is 6.07 Å². The van der Waals surface area contributed by atoms with E-state index < -0.39 is 0 Å². The largest absolute Gasteiger partial charge is 0.314 e. The highest BCUT2D eigenvalue weighted by molar-refractivity contribution is 6.30. The van der Waals surface area contributed by atoms with Gasteiger partial charge in [0.25, 0.3) is 5.69 Å². The molecule has 1 aromatic rings. The van der Waals surface area contributed by atoms with E-state index in [1.807, 2.05) is 0 Å². The van der Waals surface area contributed by atoms with Crippen molar-refractivity contribution in [2.45, 2.75) is 45.6 Å². The highest BCUT2D eigenvalue weighted by Crippen LogP contribution is 2.25. The topological polar surface area (TPSA) is 55.2 Å². The number of benzene rings is 1. The Bertz CT molecular complexity index is 424. The standard InChI is InChI=1S/C14H21ClN2O2/c1-3-5-13(16-8-4-2)9-11-6-7-12(15)10-14(11)17(18)19/h6-7,10,13,16H,3-5,8-9H2,1-2H3. The molecule has 1 atom stereocenters. The Morgan fingerprint density at radius 1 is 1.37 bits per heavy atom. The first kappa shape index (κ1) is 15.9. The molecule has 0 aromatic heterocycles. The van der Waals surface area contributed by atoms with Crippen LogP contribution in [0.2, 0.25) is 5.02 Å². The number of nitro groups is 1. The molecule has 1 N–H and O–H groups in total. The van der Waals surface area contributed by atoms with Crippen molar-refractivity contribution in [3.8, 4) is 0 Å². The maximum atomic E-state index is 11.1. The van der Waals surface area contributed by atoms with E-state index in [1.54, 1.807) is 12.1 Å². The molecular formula is C14H21ClN2O2. The van der Waals surface area contributed by atoms with Gasteiger partial charge in [0.05, 0.1) is 4.92 Å². The summed E-state index contributed by atoms with van der Waals surface area (Å²) in [5, 5.41) is 14.9. The van der Waals surface area contributed by atoms with Crippen LogP contribution in [0.5, 0.6) is 0 Å². The van der Waals surface area contributed by atoms with Gasteiger partial charge in [-0.05, 0) is 31.9 Å². The molecule has 106 valence electrons. The molecule has 0 spiro atoms. The second-order valence-corrected chi connectivity index (χ2v) is 5.11. The summed E-state index contributed by atoms with van der Waals surface area (Å²) in [5.41, 5.74) is 0.864. The van der Waals surface area contributed by atoms with Gasteiger partial charge in [-0.3, -0.25) is 10.1 Å². The first-order valence-corrected chi connectivity index (χ1v) is 7.12. The van der Waals surface area contributed by atoms with Crippen LogP contribution in [0, 0.1) is 10.1 Å². The van der Waals surface area contributed by atoms with E-state index in [4.69, 9.17) is 11.6 Å². The summed E-state index contributed by atoms with van der Waals surface area (Å²) < 4.78 is 0. The molecule has 0 amide bonds. The second-order valence-electron chi connectivity index (χ2n) is 4.67. The van der Waals surface area contributed by atoms with E-state index in [9.17, 15) is 10.1 Å². The molecule has 0 saturated heterocycles. The van der Waals surface area contributed by atoms with Crippen molar-refractivity contribution >= 4 is 17.3 Å². The zero-order valence-electron chi connectivity index (χ0n) is 11.5. The number of nitrogens with zero attached hydrogens (tertiary/aromatic N) is 1. The number of hydrogen-bond donors (Lipinski definition) is 1. The third kappa shape index (κ3) is 5.17. The summed E-state index contributed by atoms with van der Waals surface area (Å²) in [4.78, 5) is 10.7. The molecule has 0 aliphatic heterocycles. The van der Waals surface area contributed by atoms with Gasteiger partial charge >= 0.3 is 0 Å². The van der Waals surface area contributed by atoms with Gasteiger partial charge in [-0.15, -0.1) is 0 Å². The molecule has 1 unspecified atom stereocenters. The van der Waals surface area contributed by atoms with Crippen LogP contribution in [0.15, 0.2) is 18.2 Å². The normalized spacial score (nSPS) is 12.4.